The zero-order chi connectivity index (χ0) is 21.4. The number of nitrogens with one attached hydrogen (secondary N) is 1. The zero-order valence-corrected chi connectivity index (χ0v) is 16.8. The van der Waals surface area contributed by atoms with Crippen LogP contribution in [0.15, 0.2) is 78.1 Å². The maximum atomic E-state index is 12.9. The molecule has 0 aliphatic rings. The van der Waals surface area contributed by atoms with Gasteiger partial charge in [-0.2, -0.15) is 5.26 Å². The second-order valence-corrected chi connectivity index (χ2v) is 7.31. The van der Waals surface area contributed by atoms with Crippen LogP contribution in [0.3, 0.4) is 0 Å². The summed E-state index contributed by atoms with van der Waals surface area (Å²) in [5.74, 6) is 0. The number of aromatic amines is 1. The summed E-state index contributed by atoms with van der Waals surface area (Å²) in [5, 5.41) is 9.92. The van der Waals surface area contributed by atoms with Gasteiger partial charge in [-0.1, -0.05) is 12.1 Å². The largest absolute Gasteiger partial charge is 0.346 e. The Labute approximate surface area is 177 Å². The van der Waals surface area contributed by atoms with E-state index in [1.807, 2.05) is 54.9 Å². The number of aromatic nitrogens is 5. The lowest BCUT2D eigenvalue weighted by molar-refractivity contribution is 0.824. The van der Waals surface area contributed by atoms with E-state index in [-0.39, 0.29) is 5.69 Å². The van der Waals surface area contributed by atoms with E-state index in [0.29, 0.717) is 17.8 Å². The first-order chi connectivity index (χ1) is 15.1. The average molecular weight is 406 g/mol. The van der Waals surface area contributed by atoms with Crippen molar-refractivity contribution >= 4 is 11.0 Å². The lowest BCUT2D eigenvalue weighted by Crippen LogP contribution is -2.21. The van der Waals surface area contributed by atoms with Crippen LogP contribution < -0.4 is 5.69 Å². The number of nitriles is 1. The molecule has 0 atom stereocenters. The minimum absolute atomic E-state index is 0.161. The molecule has 0 unspecified atom stereocenters. The molecule has 5 aromatic rings. The number of imidazole rings is 1. The number of hydrogen-bond donors (Lipinski definition) is 1. The van der Waals surface area contributed by atoms with Crippen molar-refractivity contribution in [2.24, 2.45) is 7.05 Å². The van der Waals surface area contributed by atoms with E-state index in [1.165, 1.54) is 0 Å². The summed E-state index contributed by atoms with van der Waals surface area (Å²) in [7, 11) is 1.72. The number of hydrogen-bond acceptors (Lipinski definition) is 4. The normalized spacial score (nSPS) is 11.0. The summed E-state index contributed by atoms with van der Waals surface area (Å²) < 4.78 is 3.18. The maximum Gasteiger partial charge on any atom is 0.333 e. The monoisotopic (exact) mass is 406 g/mol. The summed E-state index contributed by atoms with van der Waals surface area (Å²) in [6.07, 6.45) is 7.54. The fourth-order valence-electron chi connectivity index (χ4n) is 3.69. The predicted octanol–water partition coefficient (Wildman–Crippen LogP) is 3.85. The Hall–Kier alpha value is -4.44. The third-order valence-corrected chi connectivity index (χ3v) is 5.28. The van der Waals surface area contributed by atoms with E-state index in [4.69, 9.17) is 5.26 Å². The molecule has 0 aliphatic carbocycles. The fraction of sp³-hybridized carbons (Fsp3) is 0.0833. The minimum atomic E-state index is -0.161. The van der Waals surface area contributed by atoms with E-state index in [1.54, 1.807) is 28.6 Å². The zero-order valence-electron chi connectivity index (χ0n) is 16.8. The highest BCUT2D eigenvalue weighted by Gasteiger charge is 2.15. The van der Waals surface area contributed by atoms with Gasteiger partial charge in [0, 0.05) is 42.8 Å². The van der Waals surface area contributed by atoms with Gasteiger partial charge in [-0.05, 0) is 47.5 Å². The van der Waals surface area contributed by atoms with E-state index >= 15 is 0 Å². The molecule has 7 heteroatoms. The van der Waals surface area contributed by atoms with E-state index in [9.17, 15) is 4.79 Å². The Morgan fingerprint density at radius 2 is 1.90 bits per heavy atom. The molecule has 4 heterocycles. The Kier molecular flexibility index (Phi) is 4.45. The van der Waals surface area contributed by atoms with E-state index in [0.717, 1.165) is 33.4 Å². The molecule has 0 saturated heterocycles. The topological polar surface area (TPSA) is 92.3 Å². The molecule has 4 aromatic heterocycles. The third kappa shape index (κ3) is 3.30. The van der Waals surface area contributed by atoms with Crippen molar-refractivity contribution in [3.05, 3.63) is 89.4 Å². The number of pyridine rings is 2. The summed E-state index contributed by atoms with van der Waals surface area (Å²) in [6.45, 7) is 0. The van der Waals surface area contributed by atoms with Crippen LogP contribution in [0.4, 0.5) is 0 Å². The van der Waals surface area contributed by atoms with Crippen LogP contribution in [0.2, 0.25) is 0 Å². The van der Waals surface area contributed by atoms with Crippen LogP contribution in [0.25, 0.3) is 39.2 Å². The van der Waals surface area contributed by atoms with Gasteiger partial charge >= 0.3 is 5.69 Å². The molecule has 0 spiro atoms. The molecule has 31 heavy (non-hydrogen) atoms. The lowest BCUT2D eigenvalue weighted by Gasteiger charge is -2.09. The maximum absolute atomic E-state index is 12.9. The molecule has 5 rings (SSSR count). The van der Waals surface area contributed by atoms with Crippen LogP contribution in [-0.4, -0.2) is 24.1 Å². The smallest absolute Gasteiger partial charge is 0.333 e. The third-order valence-electron chi connectivity index (χ3n) is 5.28. The molecule has 1 N–H and O–H groups in total. The fourth-order valence-corrected chi connectivity index (χ4v) is 3.69. The van der Waals surface area contributed by atoms with E-state index in [2.05, 4.69) is 27.1 Å². The van der Waals surface area contributed by atoms with Crippen molar-refractivity contribution in [2.45, 2.75) is 6.42 Å². The Morgan fingerprint density at radius 3 is 2.71 bits per heavy atom. The van der Waals surface area contributed by atoms with Crippen molar-refractivity contribution < 1.29 is 0 Å². The molecule has 7 nitrogen and oxygen atoms in total. The van der Waals surface area contributed by atoms with E-state index < -0.39 is 0 Å². The first kappa shape index (κ1) is 18.6. The SMILES string of the molecule is Cn1cc(-c2cc(-c3cnc4[nH]ccc4c3)ccn2)n(-c2ccc(CC#N)cc2)c1=O. The van der Waals surface area contributed by atoms with Crippen molar-refractivity contribution in [1.82, 2.24) is 24.1 Å². The van der Waals surface area contributed by atoms with Gasteiger partial charge in [0.15, 0.2) is 0 Å². The molecule has 1 aromatic carbocycles. The standard InChI is InChI=1S/C24H18N6O/c1-29-15-22(30(24(29)31)20-4-2-16(3-5-20)6-9-25)21-13-17(7-10-26-21)19-12-18-8-11-27-23(18)28-14-19/h2-5,7-8,10-15H,6H2,1H3,(H,27,28). The van der Waals surface area contributed by atoms with Crippen LogP contribution in [0, 0.1) is 11.3 Å². The lowest BCUT2D eigenvalue weighted by atomic mass is 10.1. The number of rotatable bonds is 4. The van der Waals surface area contributed by atoms with Crippen molar-refractivity contribution in [3.63, 3.8) is 0 Å². The van der Waals surface area contributed by atoms with Crippen LogP contribution in [0.1, 0.15) is 5.56 Å². The number of benzene rings is 1. The molecule has 0 radical (unpaired) electrons. The number of aryl methyl sites for hydroxylation is 1. The minimum Gasteiger partial charge on any atom is -0.346 e. The number of H-pyrrole nitrogens is 1. The van der Waals surface area contributed by atoms with Crippen LogP contribution >= 0.6 is 0 Å². The van der Waals surface area contributed by atoms with Crippen LogP contribution in [0.5, 0.6) is 0 Å². The summed E-state index contributed by atoms with van der Waals surface area (Å²) in [6, 6.07) is 17.5. The Balaban J connectivity index is 1.61. The van der Waals surface area contributed by atoms with Crippen molar-refractivity contribution in [3.8, 4) is 34.3 Å². The van der Waals surface area contributed by atoms with Gasteiger partial charge < -0.3 is 9.55 Å². The second kappa shape index (κ2) is 7.43. The van der Waals surface area contributed by atoms with Crippen molar-refractivity contribution in [2.75, 3.05) is 0 Å². The Bertz CT molecular complexity index is 1500. The highest BCUT2D eigenvalue weighted by molar-refractivity contribution is 5.82. The van der Waals surface area contributed by atoms with Gasteiger partial charge in [0.05, 0.1) is 29.6 Å². The van der Waals surface area contributed by atoms with Gasteiger partial charge in [0.2, 0.25) is 0 Å². The van der Waals surface area contributed by atoms with Gasteiger partial charge in [-0.3, -0.25) is 9.55 Å². The molecule has 0 fully saturated rings. The summed E-state index contributed by atoms with van der Waals surface area (Å²) in [5.41, 5.74) is 5.63. The van der Waals surface area contributed by atoms with Gasteiger partial charge in [0.1, 0.15) is 5.65 Å². The molecular formula is C24H18N6O. The summed E-state index contributed by atoms with van der Waals surface area (Å²) in [4.78, 5) is 25.0. The molecule has 0 bridgehead atoms. The Morgan fingerprint density at radius 1 is 1.06 bits per heavy atom. The highest BCUT2D eigenvalue weighted by Crippen LogP contribution is 2.27. The quantitative estimate of drug-likeness (QED) is 0.491. The van der Waals surface area contributed by atoms with Gasteiger partial charge in [-0.15, -0.1) is 0 Å². The molecule has 0 amide bonds. The molecule has 150 valence electrons. The first-order valence-corrected chi connectivity index (χ1v) is 9.78. The van der Waals surface area contributed by atoms with Crippen LogP contribution in [-0.2, 0) is 13.5 Å². The predicted molar refractivity (Wildman–Crippen MR) is 119 cm³/mol. The summed E-state index contributed by atoms with van der Waals surface area (Å²) >= 11 is 0. The molecule has 0 saturated carbocycles. The molecular weight excluding hydrogens is 388 g/mol. The van der Waals surface area contributed by atoms with Crippen molar-refractivity contribution in [1.29, 1.82) is 5.26 Å². The second-order valence-electron chi connectivity index (χ2n) is 7.31. The van der Waals surface area contributed by atoms with Gasteiger partial charge in [0.25, 0.3) is 0 Å². The highest BCUT2D eigenvalue weighted by atomic mass is 16.1. The number of nitrogens with zero attached hydrogens (tertiary/aromatic N) is 5. The van der Waals surface area contributed by atoms with Gasteiger partial charge in [-0.25, -0.2) is 9.78 Å². The molecule has 0 aliphatic heterocycles. The number of fused-ring (bicyclic) bond motifs is 1. The first-order valence-electron chi connectivity index (χ1n) is 9.78. The average Bonchev–Trinajstić information content (AvgIpc) is 3.39.